The van der Waals surface area contributed by atoms with Gasteiger partial charge in [0, 0.05) is 0 Å². The van der Waals surface area contributed by atoms with Crippen molar-refractivity contribution in [2.75, 3.05) is 0 Å². The Labute approximate surface area is 175 Å². The third-order valence-electron chi connectivity index (χ3n) is 4.03. The van der Waals surface area contributed by atoms with Crippen molar-refractivity contribution in [3.8, 4) is 0 Å². The van der Waals surface area contributed by atoms with Crippen molar-refractivity contribution in [2.45, 2.75) is 53.4 Å². The fourth-order valence-electron chi connectivity index (χ4n) is 2.19. The van der Waals surface area contributed by atoms with E-state index in [1.165, 1.54) is 36.8 Å². The van der Waals surface area contributed by atoms with Gasteiger partial charge in [-0.25, -0.2) is 24.3 Å². The smallest absolute Gasteiger partial charge is 1.00 e. The molecule has 128 valence electrons. The summed E-state index contributed by atoms with van der Waals surface area (Å²) in [6.07, 6.45) is 5.04. The van der Waals surface area contributed by atoms with E-state index in [0.717, 1.165) is 11.8 Å². The van der Waals surface area contributed by atoms with Crippen LogP contribution in [0.15, 0.2) is 48.5 Å². The summed E-state index contributed by atoms with van der Waals surface area (Å²) in [4.78, 5) is 0. The second-order valence-electron chi connectivity index (χ2n) is 6.02. The maximum absolute atomic E-state index is 2.30. The van der Waals surface area contributed by atoms with E-state index in [1.807, 2.05) is 0 Å². The minimum absolute atomic E-state index is 0. The molecule has 2 aromatic carbocycles. The molecule has 2 atom stereocenters. The molecule has 0 fully saturated rings. The van der Waals surface area contributed by atoms with Crippen molar-refractivity contribution in [1.82, 2.24) is 0 Å². The zero-order valence-corrected chi connectivity index (χ0v) is 18.8. The largest absolute Gasteiger partial charge is 4.00 e. The quantitative estimate of drug-likeness (QED) is 0.564. The number of halogens is 2. The molecule has 2 rings (SSSR count). The van der Waals surface area contributed by atoms with E-state index in [4.69, 9.17) is 0 Å². The Morgan fingerprint density at radius 3 is 1.13 bits per heavy atom. The van der Waals surface area contributed by atoms with E-state index in [0.29, 0.717) is 0 Å². The van der Waals surface area contributed by atoms with Crippen LogP contribution in [-0.2, 0) is 39.0 Å². The molecule has 3 heteroatoms. The van der Waals surface area contributed by atoms with Gasteiger partial charge in [-0.15, -0.1) is 0 Å². The normalized spacial score (nSPS) is 11.7. The standard InChI is InChI=1S/2C10H15.2ClH.Zr/c2*1-3-9(2)8-10-6-4-5-7-10;;;/h2*4-7,9H,3,8H2,1-2H3;2*1H;/q2*-1;;;+4/p-2. The molecule has 0 radical (unpaired) electrons. The van der Waals surface area contributed by atoms with Gasteiger partial charge in [0.25, 0.3) is 0 Å². The Balaban J connectivity index is -0.000000308. The summed E-state index contributed by atoms with van der Waals surface area (Å²) in [7, 11) is 0. The van der Waals surface area contributed by atoms with Gasteiger partial charge in [-0.1, -0.05) is 65.2 Å². The average molecular weight is 433 g/mol. The summed E-state index contributed by atoms with van der Waals surface area (Å²) in [5, 5.41) is 0. The molecule has 0 aliphatic carbocycles. The maximum Gasteiger partial charge on any atom is 4.00 e. The van der Waals surface area contributed by atoms with Crippen LogP contribution < -0.4 is 24.8 Å². The SMILES string of the molecule is CCC(C)C[c-]1cccc1.CCC(C)C[c-]1cccc1.[Cl-].[Cl-].[Zr+4]. The molecule has 0 spiro atoms. The van der Waals surface area contributed by atoms with E-state index < -0.39 is 0 Å². The Morgan fingerprint density at radius 2 is 0.913 bits per heavy atom. The van der Waals surface area contributed by atoms with Crippen LogP contribution in [0.4, 0.5) is 0 Å². The molecule has 0 N–H and O–H groups in total. The van der Waals surface area contributed by atoms with Crippen LogP contribution in [0.5, 0.6) is 0 Å². The third-order valence-corrected chi connectivity index (χ3v) is 4.03. The van der Waals surface area contributed by atoms with Crippen molar-refractivity contribution in [3.63, 3.8) is 0 Å². The summed E-state index contributed by atoms with van der Waals surface area (Å²) in [5.74, 6) is 1.67. The predicted octanol–water partition coefficient (Wildman–Crippen LogP) is -0.00630. The van der Waals surface area contributed by atoms with Gasteiger partial charge in [-0.3, -0.25) is 0 Å². The van der Waals surface area contributed by atoms with Gasteiger partial charge in [0.15, 0.2) is 0 Å². The Morgan fingerprint density at radius 1 is 0.652 bits per heavy atom. The molecule has 0 aliphatic rings. The van der Waals surface area contributed by atoms with Crippen molar-refractivity contribution >= 4 is 0 Å². The summed E-state index contributed by atoms with van der Waals surface area (Å²) in [6.45, 7) is 9.08. The summed E-state index contributed by atoms with van der Waals surface area (Å²) < 4.78 is 0. The number of rotatable bonds is 6. The van der Waals surface area contributed by atoms with Crippen molar-refractivity contribution < 1.29 is 51.0 Å². The first-order valence-electron chi connectivity index (χ1n) is 8.06. The molecule has 0 nitrogen and oxygen atoms in total. The summed E-state index contributed by atoms with van der Waals surface area (Å²) >= 11 is 0. The van der Waals surface area contributed by atoms with Crippen LogP contribution in [0.1, 0.15) is 51.7 Å². The predicted molar refractivity (Wildman–Crippen MR) is 90.4 cm³/mol. The minimum Gasteiger partial charge on any atom is -1.00 e. The molecule has 0 saturated carbocycles. The first-order chi connectivity index (χ1) is 9.65. The van der Waals surface area contributed by atoms with Gasteiger partial charge in [0.2, 0.25) is 0 Å². The van der Waals surface area contributed by atoms with Crippen molar-refractivity contribution in [3.05, 3.63) is 59.7 Å². The zero-order valence-electron chi connectivity index (χ0n) is 14.9. The first-order valence-corrected chi connectivity index (χ1v) is 8.06. The monoisotopic (exact) mass is 430 g/mol. The Kier molecular flexibility index (Phi) is 20.7. The topological polar surface area (TPSA) is 0 Å². The molecular formula is C20H30Cl2Zr. The van der Waals surface area contributed by atoms with Crippen LogP contribution in [0.25, 0.3) is 0 Å². The third kappa shape index (κ3) is 13.2. The van der Waals surface area contributed by atoms with Gasteiger partial charge in [0.05, 0.1) is 0 Å². The zero-order chi connectivity index (χ0) is 14.8. The molecule has 2 aromatic rings. The molecule has 0 amide bonds. The molecule has 23 heavy (non-hydrogen) atoms. The fraction of sp³-hybridized carbons (Fsp3) is 0.500. The fourth-order valence-corrected chi connectivity index (χ4v) is 2.19. The molecule has 0 saturated heterocycles. The molecule has 0 aliphatic heterocycles. The second-order valence-corrected chi connectivity index (χ2v) is 6.02. The van der Waals surface area contributed by atoms with Gasteiger partial charge < -0.3 is 24.8 Å². The van der Waals surface area contributed by atoms with Crippen LogP contribution in [0.3, 0.4) is 0 Å². The van der Waals surface area contributed by atoms with E-state index in [2.05, 4.69) is 76.2 Å². The molecular weight excluding hydrogens is 402 g/mol. The van der Waals surface area contributed by atoms with Gasteiger partial charge in [-0.2, -0.15) is 35.4 Å². The number of hydrogen-bond donors (Lipinski definition) is 0. The maximum atomic E-state index is 2.30. The molecule has 0 bridgehead atoms. The van der Waals surface area contributed by atoms with Crippen LogP contribution in [0, 0.1) is 11.8 Å². The van der Waals surface area contributed by atoms with E-state index in [1.54, 1.807) is 0 Å². The molecule has 2 unspecified atom stereocenters. The van der Waals surface area contributed by atoms with Crippen LogP contribution in [0.2, 0.25) is 0 Å². The van der Waals surface area contributed by atoms with Crippen molar-refractivity contribution in [1.29, 1.82) is 0 Å². The second kappa shape index (κ2) is 17.0. The van der Waals surface area contributed by atoms with Crippen LogP contribution >= 0.6 is 0 Å². The van der Waals surface area contributed by atoms with Crippen molar-refractivity contribution in [2.24, 2.45) is 11.8 Å². The first kappa shape index (κ1) is 28.0. The van der Waals surface area contributed by atoms with E-state index >= 15 is 0 Å². The molecule has 0 aromatic heterocycles. The Bertz CT molecular complexity index is 378. The average Bonchev–Trinajstić information content (AvgIpc) is 3.12. The Hall–Kier alpha value is 0.163. The molecule has 0 heterocycles. The minimum atomic E-state index is 0. The summed E-state index contributed by atoms with van der Waals surface area (Å²) in [6, 6.07) is 17.2. The van der Waals surface area contributed by atoms with Gasteiger partial charge >= 0.3 is 26.2 Å². The van der Waals surface area contributed by atoms with Gasteiger partial charge in [-0.05, 0) is 0 Å². The summed E-state index contributed by atoms with van der Waals surface area (Å²) in [5.41, 5.74) is 2.96. The van der Waals surface area contributed by atoms with E-state index in [-0.39, 0.29) is 51.0 Å². The van der Waals surface area contributed by atoms with E-state index in [9.17, 15) is 0 Å². The van der Waals surface area contributed by atoms with Crippen LogP contribution in [-0.4, -0.2) is 0 Å². The number of hydrogen-bond acceptors (Lipinski definition) is 0. The van der Waals surface area contributed by atoms with Gasteiger partial charge in [0.1, 0.15) is 0 Å².